The molecule has 86 valence electrons. The molecule has 0 radical (unpaired) electrons. The van der Waals surface area contributed by atoms with E-state index >= 15 is 0 Å². The van der Waals surface area contributed by atoms with E-state index in [2.05, 4.69) is 5.32 Å². The summed E-state index contributed by atoms with van der Waals surface area (Å²) in [6, 6.07) is 16.1. The highest BCUT2D eigenvalue weighted by atomic mass is 16.5. The molecule has 0 saturated carbocycles. The zero-order valence-electron chi connectivity index (χ0n) is 8.96. The number of carbonyl (C=O) groups is 1. The molecule has 17 heavy (non-hydrogen) atoms. The third kappa shape index (κ3) is 3.24. The molecule has 0 fully saturated rings. The van der Waals surface area contributed by atoms with Gasteiger partial charge in [-0.15, -0.1) is 0 Å². The van der Waals surface area contributed by atoms with Crippen molar-refractivity contribution in [1.82, 2.24) is 0 Å². The minimum absolute atomic E-state index is 0.478. The molecular formula is C13H11NO3. The van der Waals surface area contributed by atoms with E-state index in [9.17, 15) is 4.79 Å². The fraction of sp³-hybridized carbons (Fsp3) is 0. The SMILES string of the molecule is O=C(O)Nc1cccc(Oc2ccccc2)c1. The van der Waals surface area contributed by atoms with E-state index in [1.54, 1.807) is 24.3 Å². The maximum Gasteiger partial charge on any atom is 0.409 e. The van der Waals surface area contributed by atoms with Gasteiger partial charge >= 0.3 is 6.09 Å². The van der Waals surface area contributed by atoms with Gasteiger partial charge in [-0.3, -0.25) is 5.32 Å². The lowest BCUT2D eigenvalue weighted by Crippen LogP contribution is -2.06. The number of amides is 1. The number of benzene rings is 2. The molecule has 0 aliphatic rings. The first-order valence-electron chi connectivity index (χ1n) is 5.07. The Morgan fingerprint density at radius 2 is 1.71 bits per heavy atom. The van der Waals surface area contributed by atoms with E-state index in [1.807, 2.05) is 30.3 Å². The lowest BCUT2D eigenvalue weighted by molar-refractivity contribution is 0.210. The van der Waals surface area contributed by atoms with Crippen LogP contribution in [0.2, 0.25) is 0 Å². The Hall–Kier alpha value is -2.49. The highest BCUT2D eigenvalue weighted by Gasteiger charge is 2.00. The van der Waals surface area contributed by atoms with Crippen molar-refractivity contribution in [3.8, 4) is 11.5 Å². The maximum absolute atomic E-state index is 10.5. The van der Waals surface area contributed by atoms with Gasteiger partial charge in [-0.25, -0.2) is 4.79 Å². The van der Waals surface area contributed by atoms with Crippen molar-refractivity contribution < 1.29 is 14.6 Å². The van der Waals surface area contributed by atoms with Crippen LogP contribution in [0.25, 0.3) is 0 Å². The topological polar surface area (TPSA) is 58.6 Å². The monoisotopic (exact) mass is 229 g/mol. The molecule has 0 atom stereocenters. The molecule has 0 aliphatic carbocycles. The molecule has 0 bridgehead atoms. The average molecular weight is 229 g/mol. The minimum atomic E-state index is -1.10. The normalized spacial score (nSPS) is 9.65. The second-order valence-electron chi connectivity index (χ2n) is 3.37. The van der Waals surface area contributed by atoms with Gasteiger partial charge in [0, 0.05) is 11.8 Å². The minimum Gasteiger partial charge on any atom is -0.465 e. The first kappa shape index (κ1) is 11.0. The summed E-state index contributed by atoms with van der Waals surface area (Å²) >= 11 is 0. The van der Waals surface area contributed by atoms with Crippen LogP contribution in [0.4, 0.5) is 10.5 Å². The van der Waals surface area contributed by atoms with Gasteiger partial charge in [-0.1, -0.05) is 24.3 Å². The molecule has 0 unspecified atom stereocenters. The Morgan fingerprint density at radius 3 is 2.41 bits per heavy atom. The van der Waals surface area contributed by atoms with Crippen LogP contribution < -0.4 is 10.1 Å². The zero-order chi connectivity index (χ0) is 12.1. The van der Waals surface area contributed by atoms with Crippen LogP contribution in [0.1, 0.15) is 0 Å². The first-order valence-corrected chi connectivity index (χ1v) is 5.07. The Balaban J connectivity index is 2.14. The number of ether oxygens (including phenoxy) is 1. The van der Waals surface area contributed by atoms with Gasteiger partial charge < -0.3 is 9.84 Å². The van der Waals surface area contributed by atoms with Gasteiger partial charge in [-0.05, 0) is 24.3 Å². The number of rotatable bonds is 3. The van der Waals surface area contributed by atoms with Gasteiger partial charge in [-0.2, -0.15) is 0 Å². The molecule has 0 aliphatic heterocycles. The largest absolute Gasteiger partial charge is 0.465 e. The molecule has 0 spiro atoms. The number of anilines is 1. The molecule has 2 aromatic rings. The van der Waals surface area contributed by atoms with Crippen LogP contribution in [0.15, 0.2) is 54.6 Å². The Labute approximate surface area is 98.5 Å². The summed E-state index contributed by atoms with van der Waals surface area (Å²) in [4.78, 5) is 10.5. The number of carboxylic acid groups (broad SMARTS) is 1. The average Bonchev–Trinajstić information content (AvgIpc) is 2.30. The first-order chi connectivity index (χ1) is 8.24. The summed E-state index contributed by atoms with van der Waals surface area (Å²) in [7, 11) is 0. The van der Waals surface area contributed by atoms with Crippen LogP contribution in [0, 0.1) is 0 Å². The van der Waals surface area contributed by atoms with Crippen LogP contribution in [0.5, 0.6) is 11.5 Å². The van der Waals surface area contributed by atoms with E-state index < -0.39 is 6.09 Å². The molecular weight excluding hydrogens is 218 g/mol. The summed E-state index contributed by atoms with van der Waals surface area (Å²) in [6.07, 6.45) is -1.10. The molecule has 2 aromatic carbocycles. The summed E-state index contributed by atoms with van der Waals surface area (Å²) in [5.41, 5.74) is 0.478. The molecule has 0 saturated heterocycles. The molecule has 0 aromatic heterocycles. The van der Waals surface area contributed by atoms with Crippen LogP contribution in [0.3, 0.4) is 0 Å². The molecule has 1 amide bonds. The van der Waals surface area contributed by atoms with E-state index in [0.717, 1.165) is 0 Å². The summed E-state index contributed by atoms with van der Waals surface area (Å²) in [6.45, 7) is 0. The zero-order valence-corrected chi connectivity index (χ0v) is 8.96. The van der Waals surface area contributed by atoms with Gasteiger partial charge in [0.1, 0.15) is 11.5 Å². The second kappa shape index (κ2) is 5.03. The fourth-order valence-corrected chi connectivity index (χ4v) is 1.39. The van der Waals surface area contributed by atoms with Gasteiger partial charge in [0.2, 0.25) is 0 Å². The Morgan fingerprint density at radius 1 is 1.00 bits per heavy atom. The van der Waals surface area contributed by atoms with Crippen LogP contribution in [-0.2, 0) is 0 Å². The van der Waals surface area contributed by atoms with E-state index in [-0.39, 0.29) is 0 Å². The van der Waals surface area contributed by atoms with Crippen molar-refractivity contribution in [3.63, 3.8) is 0 Å². The van der Waals surface area contributed by atoms with Crippen LogP contribution in [-0.4, -0.2) is 11.2 Å². The van der Waals surface area contributed by atoms with Crippen LogP contribution >= 0.6 is 0 Å². The summed E-state index contributed by atoms with van der Waals surface area (Å²) in [5, 5.41) is 10.9. The predicted molar refractivity (Wildman–Crippen MR) is 64.6 cm³/mol. The summed E-state index contributed by atoms with van der Waals surface area (Å²) in [5.74, 6) is 1.29. The fourth-order valence-electron chi connectivity index (χ4n) is 1.39. The third-order valence-electron chi connectivity index (χ3n) is 2.06. The quantitative estimate of drug-likeness (QED) is 0.845. The molecule has 2 N–H and O–H groups in total. The smallest absolute Gasteiger partial charge is 0.409 e. The van der Waals surface area contributed by atoms with Crippen molar-refractivity contribution >= 4 is 11.8 Å². The van der Waals surface area contributed by atoms with Gasteiger partial charge in [0.15, 0.2) is 0 Å². The second-order valence-corrected chi connectivity index (χ2v) is 3.37. The summed E-state index contributed by atoms with van der Waals surface area (Å²) < 4.78 is 5.57. The van der Waals surface area contributed by atoms with Gasteiger partial charge in [0.05, 0.1) is 0 Å². The van der Waals surface area contributed by atoms with Crippen molar-refractivity contribution in [3.05, 3.63) is 54.6 Å². The van der Waals surface area contributed by atoms with Crippen molar-refractivity contribution in [2.75, 3.05) is 5.32 Å². The highest BCUT2D eigenvalue weighted by molar-refractivity contribution is 5.83. The third-order valence-corrected chi connectivity index (χ3v) is 2.06. The lowest BCUT2D eigenvalue weighted by Gasteiger charge is -2.07. The standard InChI is InChI=1S/C13H11NO3/c15-13(16)14-10-5-4-8-12(9-10)17-11-6-2-1-3-7-11/h1-9,14H,(H,15,16). The predicted octanol–water partition coefficient (Wildman–Crippen LogP) is 3.57. The van der Waals surface area contributed by atoms with Crippen molar-refractivity contribution in [2.45, 2.75) is 0 Å². The maximum atomic E-state index is 10.5. The van der Waals surface area contributed by atoms with E-state index in [4.69, 9.17) is 9.84 Å². The molecule has 2 rings (SSSR count). The Bertz CT molecular complexity index is 511. The number of hydrogen-bond donors (Lipinski definition) is 2. The lowest BCUT2D eigenvalue weighted by atomic mass is 10.3. The highest BCUT2D eigenvalue weighted by Crippen LogP contribution is 2.23. The molecule has 4 heteroatoms. The number of nitrogens with one attached hydrogen (secondary N) is 1. The molecule has 0 heterocycles. The van der Waals surface area contributed by atoms with Crippen molar-refractivity contribution in [1.29, 1.82) is 0 Å². The number of hydrogen-bond acceptors (Lipinski definition) is 2. The van der Waals surface area contributed by atoms with Crippen molar-refractivity contribution in [2.24, 2.45) is 0 Å². The Kier molecular flexibility index (Phi) is 3.25. The van der Waals surface area contributed by atoms with Gasteiger partial charge in [0.25, 0.3) is 0 Å². The number of para-hydroxylation sites is 1. The molecule has 4 nitrogen and oxygen atoms in total. The van der Waals surface area contributed by atoms with E-state index in [0.29, 0.717) is 17.2 Å². The van der Waals surface area contributed by atoms with E-state index in [1.165, 1.54) is 0 Å².